The maximum absolute atomic E-state index is 13.0. The zero-order valence-electron chi connectivity index (χ0n) is 14.3. The molecule has 26 heavy (non-hydrogen) atoms. The van der Waals surface area contributed by atoms with Crippen molar-refractivity contribution in [1.82, 2.24) is 10.2 Å². The van der Waals surface area contributed by atoms with E-state index in [0.717, 1.165) is 0 Å². The average molecular weight is 360 g/mol. The van der Waals surface area contributed by atoms with Gasteiger partial charge in [-0.3, -0.25) is 29.4 Å². The molecule has 138 valence electrons. The molecule has 1 fully saturated rings. The Labute approximate surface area is 149 Å². The highest BCUT2D eigenvalue weighted by molar-refractivity contribution is 6.07. The predicted molar refractivity (Wildman–Crippen MR) is 90.8 cm³/mol. The maximum atomic E-state index is 13.0. The van der Waals surface area contributed by atoms with Crippen molar-refractivity contribution in [1.29, 1.82) is 0 Å². The topological polar surface area (TPSA) is 131 Å². The van der Waals surface area contributed by atoms with Crippen LogP contribution in [0, 0.1) is 0 Å². The minimum absolute atomic E-state index is 0.138. The number of amides is 4. The third-order valence-corrected chi connectivity index (χ3v) is 4.32. The van der Waals surface area contributed by atoms with Gasteiger partial charge in [0, 0.05) is 36.7 Å². The molecule has 0 aromatic heterocycles. The molecular weight excluding hydrogens is 340 g/mol. The van der Waals surface area contributed by atoms with Gasteiger partial charge in [0.2, 0.25) is 17.7 Å². The molecule has 1 aromatic carbocycles. The first-order valence-electron chi connectivity index (χ1n) is 8.32. The lowest BCUT2D eigenvalue weighted by Crippen LogP contribution is -2.53. The second-order valence-electron chi connectivity index (χ2n) is 6.14. The molecule has 2 heterocycles. The minimum Gasteiger partial charge on any atom is -0.352 e. The van der Waals surface area contributed by atoms with Crippen molar-refractivity contribution in [3.05, 3.63) is 29.3 Å². The third-order valence-electron chi connectivity index (χ3n) is 4.32. The summed E-state index contributed by atoms with van der Waals surface area (Å²) in [4.78, 5) is 49.5. The quantitative estimate of drug-likeness (QED) is 0.628. The van der Waals surface area contributed by atoms with Gasteiger partial charge < -0.3 is 15.8 Å². The molecule has 1 saturated heterocycles. The molecule has 2 aliphatic heterocycles. The number of fused-ring (bicyclic) bond motifs is 1. The van der Waals surface area contributed by atoms with E-state index in [-0.39, 0.29) is 43.7 Å². The Morgan fingerprint density at radius 1 is 1.38 bits per heavy atom. The van der Waals surface area contributed by atoms with Crippen molar-refractivity contribution >= 4 is 29.3 Å². The fourth-order valence-electron chi connectivity index (χ4n) is 3.30. The molecule has 4 amide bonds. The zero-order valence-corrected chi connectivity index (χ0v) is 14.3. The first-order valence-corrected chi connectivity index (χ1v) is 8.32. The van der Waals surface area contributed by atoms with Crippen LogP contribution in [0.3, 0.4) is 0 Å². The number of rotatable bonds is 5. The molecule has 2 atom stereocenters. The van der Waals surface area contributed by atoms with Gasteiger partial charge >= 0.3 is 0 Å². The van der Waals surface area contributed by atoms with Crippen molar-refractivity contribution in [2.75, 3.05) is 18.5 Å². The largest absolute Gasteiger partial charge is 0.352 e. The Bertz CT molecular complexity index is 778. The first kappa shape index (κ1) is 18.0. The summed E-state index contributed by atoms with van der Waals surface area (Å²) in [6.07, 6.45) is -0.519. The van der Waals surface area contributed by atoms with E-state index in [0.29, 0.717) is 16.8 Å². The van der Waals surface area contributed by atoms with Gasteiger partial charge in [0.15, 0.2) is 6.23 Å². The fourth-order valence-corrected chi connectivity index (χ4v) is 3.30. The first-order chi connectivity index (χ1) is 12.4. The standard InChI is InChI=1S/C17H20N4O5/c1-9(22)19-11-4-2-3-10-14(11)17(26-8-7-18)21(16(10)25)12-5-6-13(23)20-15(12)24/h2-4,12,17H,5-8,18H2,1H3,(H,19,22)(H,20,23,24). The molecule has 9 heteroatoms. The van der Waals surface area contributed by atoms with E-state index >= 15 is 0 Å². The highest BCUT2D eigenvalue weighted by Gasteiger charge is 2.46. The van der Waals surface area contributed by atoms with E-state index in [1.54, 1.807) is 18.2 Å². The summed E-state index contributed by atoms with van der Waals surface area (Å²) in [6, 6.07) is 4.10. The SMILES string of the molecule is CC(=O)Nc1cccc2c1C(OCCN)N(C1CCC(=O)NC1=O)C2=O. The summed E-state index contributed by atoms with van der Waals surface area (Å²) in [7, 11) is 0. The summed E-state index contributed by atoms with van der Waals surface area (Å²) in [5.74, 6) is -1.58. The van der Waals surface area contributed by atoms with Crippen LogP contribution < -0.4 is 16.4 Å². The van der Waals surface area contributed by atoms with Crippen molar-refractivity contribution in [2.45, 2.75) is 32.0 Å². The number of carbonyl (C=O) groups is 4. The van der Waals surface area contributed by atoms with Crippen molar-refractivity contribution in [3.8, 4) is 0 Å². The number of hydrogen-bond acceptors (Lipinski definition) is 6. The van der Waals surface area contributed by atoms with Gasteiger partial charge in [0.1, 0.15) is 6.04 Å². The van der Waals surface area contributed by atoms with E-state index in [4.69, 9.17) is 10.5 Å². The van der Waals surface area contributed by atoms with Crippen LogP contribution in [0.25, 0.3) is 0 Å². The van der Waals surface area contributed by atoms with Gasteiger partial charge in [0.05, 0.1) is 6.61 Å². The third kappa shape index (κ3) is 3.18. The number of imide groups is 1. The fraction of sp³-hybridized carbons (Fsp3) is 0.412. The zero-order chi connectivity index (χ0) is 18.8. The van der Waals surface area contributed by atoms with Crippen LogP contribution in [-0.2, 0) is 19.1 Å². The monoisotopic (exact) mass is 360 g/mol. The van der Waals surface area contributed by atoms with Crippen LogP contribution in [0.2, 0.25) is 0 Å². The van der Waals surface area contributed by atoms with Crippen LogP contribution in [0.4, 0.5) is 5.69 Å². The number of nitrogens with zero attached hydrogens (tertiary/aromatic N) is 1. The Morgan fingerprint density at radius 3 is 2.81 bits per heavy atom. The van der Waals surface area contributed by atoms with Gasteiger partial charge in [-0.15, -0.1) is 0 Å². The van der Waals surface area contributed by atoms with Gasteiger partial charge in [0.25, 0.3) is 5.91 Å². The molecule has 4 N–H and O–H groups in total. The van der Waals surface area contributed by atoms with Gasteiger partial charge in [-0.05, 0) is 18.6 Å². The van der Waals surface area contributed by atoms with Crippen molar-refractivity contribution in [3.63, 3.8) is 0 Å². The summed E-state index contributed by atoms with van der Waals surface area (Å²) in [5, 5.41) is 4.95. The summed E-state index contributed by atoms with van der Waals surface area (Å²) < 4.78 is 5.78. The van der Waals surface area contributed by atoms with E-state index in [9.17, 15) is 19.2 Å². The second-order valence-corrected chi connectivity index (χ2v) is 6.14. The smallest absolute Gasteiger partial charge is 0.257 e. The molecular formula is C17H20N4O5. The van der Waals surface area contributed by atoms with Crippen LogP contribution in [0.15, 0.2) is 18.2 Å². The van der Waals surface area contributed by atoms with Crippen LogP contribution >= 0.6 is 0 Å². The average Bonchev–Trinajstić information content (AvgIpc) is 2.86. The van der Waals surface area contributed by atoms with Crippen LogP contribution in [0.5, 0.6) is 0 Å². The minimum atomic E-state index is -0.868. The molecule has 0 aliphatic carbocycles. The number of nitrogens with one attached hydrogen (secondary N) is 2. The molecule has 1 aromatic rings. The normalized spacial score (nSPS) is 22.2. The van der Waals surface area contributed by atoms with Crippen LogP contribution in [0.1, 0.15) is 41.9 Å². The Balaban J connectivity index is 2.02. The second kappa shape index (κ2) is 7.22. The number of anilines is 1. The van der Waals surface area contributed by atoms with E-state index in [1.807, 2.05) is 0 Å². The molecule has 0 radical (unpaired) electrons. The lowest BCUT2D eigenvalue weighted by atomic mass is 10.0. The maximum Gasteiger partial charge on any atom is 0.257 e. The Hall–Kier alpha value is -2.78. The molecule has 9 nitrogen and oxygen atoms in total. The summed E-state index contributed by atoms with van der Waals surface area (Å²) >= 11 is 0. The van der Waals surface area contributed by atoms with Gasteiger partial charge in [-0.2, -0.15) is 0 Å². The lowest BCUT2D eigenvalue weighted by molar-refractivity contribution is -0.141. The summed E-state index contributed by atoms with van der Waals surface area (Å²) in [6.45, 7) is 1.75. The molecule has 3 rings (SSSR count). The van der Waals surface area contributed by atoms with Gasteiger partial charge in [-0.25, -0.2) is 0 Å². The number of benzene rings is 1. The predicted octanol–water partition coefficient (Wildman–Crippen LogP) is -0.120. The molecule has 0 saturated carbocycles. The Morgan fingerprint density at radius 2 is 2.15 bits per heavy atom. The highest BCUT2D eigenvalue weighted by atomic mass is 16.5. The number of ether oxygens (including phenoxy) is 1. The van der Waals surface area contributed by atoms with Crippen molar-refractivity contribution in [2.24, 2.45) is 5.73 Å². The Kier molecular flexibility index (Phi) is 5.01. The van der Waals surface area contributed by atoms with Crippen molar-refractivity contribution < 1.29 is 23.9 Å². The molecule has 2 unspecified atom stereocenters. The van der Waals surface area contributed by atoms with Crippen LogP contribution in [-0.4, -0.2) is 47.7 Å². The number of nitrogens with two attached hydrogens (primary N) is 1. The number of carbonyl (C=O) groups excluding carboxylic acids is 4. The van der Waals surface area contributed by atoms with E-state index in [1.165, 1.54) is 11.8 Å². The van der Waals surface area contributed by atoms with E-state index < -0.39 is 18.2 Å². The molecule has 2 aliphatic rings. The number of piperidine rings is 1. The summed E-state index contributed by atoms with van der Waals surface area (Å²) in [5.41, 5.74) is 6.81. The molecule has 0 bridgehead atoms. The number of hydrogen-bond donors (Lipinski definition) is 3. The van der Waals surface area contributed by atoms with Gasteiger partial charge in [-0.1, -0.05) is 6.07 Å². The molecule has 0 spiro atoms. The lowest BCUT2D eigenvalue weighted by Gasteiger charge is -2.34. The van der Waals surface area contributed by atoms with E-state index in [2.05, 4.69) is 10.6 Å². The highest BCUT2D eigenvalue weighted by Crippen LogP contribution is 2.41.